The van der Waals surface area contributed by atoms with E-state index < -0.39 is 14.9 Å². The average molecular weight is 411 g/mol. The molecular weight excluding hydrogens is 394 g/mol. The molecule has 0 fully saturated rings. The number of ether oxygens (including phenoxy) is 1. The summed E-state index contributed by atoms with van der Waals surface area (Å²) in [7, 11) is -0.610. The maximum Gasteiger partial charge on any atom is 0.271 e. The summed E-state index contributed by atoms with van der Waals surface area (Å²) >= 11 is 0. The molecule has 3 aromatic carbocycles. The van der Waals surface area contributed by atoms with Gasteiger partial charge >= 0.3 is 0 Å². The van der Waals surface area contributed by atoms with E-state index in [1.54, 1.807) is 32.4 Å². The Labute approximate surface area is 166 Å². The van der Waals surface area contributed by atoms with Crippen molar-refractivity contribution in [2.75, 3.05) is 7.11 Å². The van der Waals surface area contributed by atoms with Crippen molar-refractivity contribution < 1.29 is 18.1 Å². The van der Waals surface area contributed by atoms with Gasteiger partial charge in [0.15, 0.2) is 0 Å². The number of benzene rings is 3. The molecule has 0 aliphatic heterocycles. The number of nitro groups is 1. The summed E-state index contributed by atoms with van der Waals surface area (Å²) in [5.41, 5.74) is 2.74. The second kappa shape index (κ2) is 6.57. The zero-order chi connectivity index (χ0) is 20.9. The number of sulfonamides is 1. The Hall–Kier alpha value is -3.43. The molecule has 0 atom stereocenters. The van der Waals surface area contributed by atoms with Crippen LogP contribution in [-0.2, 0) is 17.1 Å². The van der Waals surface area contributed by atoms with Crippen LogP contribution in [0.2, 0.25) is 0 Å². The number of non-ortho nitro benzene ring substituents is 1. The largest absolute Gasteiger partial charge is 0.497 e. The number of nitrogens with zero attached hydrogens (tertiary/aromatic N) is 2. The number of nitrogens with two attached hydrogens (primary N) is 1. The summed E-state index contributed by atoms with van der Waals surface area (Å²) in [6.45, 7) is 0. The van der Waals surface area contributed by atoms with Crippen molar-refractivity contribution in [1.29, 1.82) is 0 Å². The summed E-state index contributed by atoms with van der Waals surface area (Å²) in [4.78, 5) is 10.7. The van der Waals surface area contributed by atoms with E-state index >= 15 is 0 Å². The number of fused-ring (bicyclic) bond motifs is 3. The van der Waals surface area contributed by atoms with Crippen molar-refractivity contribution in [3.63, 3.8) is 0 Å². The molecule has 148 valence electrons. The highest BCUT2D eigenvalue weighted by Gasteiger charge is 2.20. The van der Waals surface area contributed by atoms with Gasteiger partial charge in [0.1, 0.15) is 5.75 Å². The first-order valence-electron chi connectivity index (χ1n) is 8.58. The first kappa shape index (κ1) is 18.9. The second-order valence-corrected chi connectivity index (χ2v) is 8.22. The molecule has 0 aliphatic rings. The molecule has 0 aliphatic carbocycles. The van der Waals surface area contributed by atoms with Gasteiger partial charge in [-0.2, -0.15) is 0 Å². The lowest BCUT2D eigenvalue weighted by Crippen LogP contribution is -2.12. The number of methoxy groups -OCH3 is 1. The zero-order valence-corrected chi connectivity index (χ0v) is 16.4. The predicted molar refractivity (Wildman–Crippen MR) is 110 cm³/mol. The van der Waals surface area contributed by atoms with E-state index in [-0.39, 0.29) is 10.6 Å². The molecule has 1 heterocycles. The highest BCUT2D eigenvalue weighted by Crippen LogP contribution is 2.38. The molecule has 4 aromatic rings. The number of aryl methyl sites for hydroxylation is 1. The highest BCUT2D eigenvalue weighted by molar-refractivity contribution is 7.89. The molecule has 0 radical (unpaired) electrons. The zero-order valence-electron chi connectivity index (χ0n) is 15.6. The summed E-state index contributed by atoms with van der Waals surface area (Å²) in [6, 6.07) is 14.7. The van der Waals surface area contributed by atoms with E-state index in [2.05, 4.69) is 0 Å². The smallest absolute Gasteiger partial charge is 0.271 e. The molecule has 2 N–H and O–H groups in total. The number of nitro benzene ring substituents is 1. The minimum Gasteiger partial charge on any atom is -0.497 e. The van der Waals surface area contributed by atoms with Crippen LogP contribution in [0.3, 0.4) is 0 Å². The standard InChI is InChI=1S/C20H17N3O5S/c1-22-19-9-13(23(24)25)5-8-16(19)18-11-15(29(21,26)27)10-17(20(18)22)12-3-6-14(28-2)7-4-12/h3-11H,1-2H3,(H2,21,26,27). The monoisotopic (exact) mass is 411 g/mol. The van der Waals surface area contributed by atoms with E-state index in [1.165, 1.54) is 24.3 Å². The Morgan fingerprint density at radius 1 is 1.03 bits per heavy atom. The van der Waals surface area contributed by atoms with E-state index in [0.717, 1.165) is 11.1 Å². The Morgan fingerprint density at radius 2 is 1.72 bits per heavy atom. The van der Waals surface area contributed by atoms with Crippen molar-refractivity contribution in [2.45, 2.75) is 4.90 Å². The van der Waals surface area contributed by atoms with Crippen LogP contribution in [0.1, 0.15) is 0 Å². The molecule has 0 unspecified atom stereocenters. The van der Waals surface area contributed by atoms with Gasteiger partial charge in [-0.3, -0.25) is 10.1 Å². The maximum atomic E-state index is 12.1. The molecule has 29 heavy (non-hydrogen) atoms. The van der Waals surface area contributed by atoms with Gasteiger partial charge < -0.3 is 9.30 Å². The van der Waals surface area contributed by atoms with Crippen molar-refractivity contribution in [1.82, 2.24) is 4.57 Å². The minimum absolute atomic E-state index is 0.0262. The van der Waals surface area contributed by atoms with Crippen LogP contribution in [0.5, 0.6) is 5.75 Å². The minimum atomic E-state index is -3.96. The van der Waals surface area contributed by atoms with Gasteiger partial charge in [0.05, 0.1) is 28.0 Å². The van der Waals surface area contributed by atoms with E-state index in [4.69, 9.17) is 9.88 Å². The normalized spacial score (nSPS) is 11.8. The Kier molecular flexibility index (Phi) is 4.29. The summed E-state index contributed by atoms with van der Waals surface area (Å²) in [5.74, 6) is 0.667. The Morgan fingerprint density at radius 3 is 2.31 bits per heavy atom. The molecule has 0 saturated carbocycles. The van der Waals surface area contributed by atoms with E-state index in [1.807, 2.05) is 16.7 Å². The summed E-state index contributed by atoms with van der Waals surface area (Å²) < 4.78 is 31.2. The average Bonchev–Trinajstić information content (AvgIpc) is 2.99. The second-order valence-electron chi connectivity index (χ2n) is 6.66. The van der Waals surface area contributed by atoms with Crippen LogP contribution in [0.15, 0.2) is 59.5 Å². The lowest BCUT2D eigenvalue weighted by atomic mass is 10.0. The topological polar surface area (TPSA) is 117 Å². The summed E-state index contributed by atoms with van der Waals surface area (Å²) in [5, 5.41) is 18.0. The number of primary sulfonamides is 1. The molecule has 8 nitrogen and oxygen atoms in total. The van der Waals surface area contributed by atoms with Crippen LogP contribution in [-0.4, -0.2) is 25.0 Å². The number of hydrogen-bond donors (Lipinski definition) is 1. The quantitative estimate of drug-likeness (QED) is 0.407. The molecule has 0 bridgehead atoms. The lowest BCUT2D eigenvalue weighted by molar-refractivity contribution is -0.384. The molecule has 0 amide bonds. The van der Waals surface area contributed by atoms with Crippen molar-refractivity contribution in [3.8, 4) is 16.9 Å². The predicted octanol–water partition coefficient (Wildman–Crippen LogP) is 3.56. The van der Waals surface area contributed by atoms with Crippen LogP contribution >= 0.6 is 0 Å². The van der Waals surface area contributed by atoms with Gasteiger partial charge in [0.2, 0.25) is 10.0 Å². The number of aromatic nitrogens is 1. The van der Waals surface area contributed by atoms with Gasteiger partial charge in [-0.15, -0.1) is 0 Å². The van der Waals surface area contributed by atoms with Gasteiger partial charge in [0, 0.05) is 35.5 Å². The van der Waals surface area contributed by atoms with Gasteiger partial charge in [0.25, 0.3) is 5.69 Å². The van der Waals surface area contributed by atoms with Crippen molar-refractivity contribution >= 4 is 37.5 Å². The fourth-order valence-electron chi connectivity index (χ4n) is 3.59. The van der Waals surface area contributed by atoms with Crippen LogP contribution < -0.4 is 9.88 Å². The third-order valence-corrected chi connectivity index (χ3v) is 5.88. The Balaban J connectivity index is 2.14. The highest BCUT2D eigenvalue weighted by atomic mass is 32.2. The van der Waals surface area contributed by atoms with Crippen LogP contribution in [0, 0.1) is 10.1 Å². The third-order valence-electron chi connectivity index (χ3n) is 4.99. The molecule has 1 aromatic heterocycles. The number of rotatable bonds is 4. The molecule has 4 rings (SSSR count). The first-order chi connectivity index (χ1) is 13.7. The summed E-state index contributed by atoms with van der Waals surface area (Å²) in [6.07, 6.45) is 0. The van der Waals surface area contributed by atoms with Crippen LogP contribution in [0.4, 0.5) is 5.69 Å². The first-order valence-corrected chi connectivity index (χ1v) is 10.1. The fraction of sp³-hybridized carbons (Fsp3) is 0.100. The van der Waals surface area contributed by atoms with E-state index in [0.29, 0.717) is 27.6 Å². The molecule has 0 spiro atoms. The lowest BCUT2D eigenvalue weighted by Gasteiger charge is -2.10. The number of hydrogen-bond acceptors (Lipinski definition) is 5. The van der Waals surface area contributed by atoms with E-state index in [9.17, 15) is 18.5 Å². The van der Waals surface area contributed by atoms with Gasteiger partial charge in [-0.1, -0.05) is 12.1 Å². The molecule has 0 saturated heterocycles. The van der Waals surface area contributed by atoms with Crippen molar-refractivity contribution in [2.24, 2.45) is 12.2 Å². The third kappa shape index (κ3) is 3.10. The van der Waals surface area contributed by atoms with Crippen molar-refractivity contribution in [3.05, 3.63) is 64.7 Å². The molecule has 9 heteroatoms. The maximum absolute atomic E-state index is 12.1. The fourth-order valence-corrected chi connectivity index (χ4v) is 4.15. The SMILES string of the molecule is COc1ccc(-c2cc(S(N)(=O)=O)cc3c4ccc([N+](=O)[O-])cc4n(C)c23)cc1. The van der Waals surface area contributed by atoms with Crippen LogP contribution in [0.25, 0.3) is 32.9 Å². The Bertz CT molecular complexity index is 1390. The van der Waals surface area contributed by atoms with Gasteiger partial charge in [-0.05, 0) is 35.9 Å². The van der Waals surface area contributed by atoms with Gasteiger partial charge in [-0.25, -0.2) is 13.6 Å². The molecular formula is C20H17N3O5S.